The van der Waals surface area contributed by atoms with E-state index in [1.807, 2.05) is 18.2 Å². The van der Waals surface area contributed by atoms with Crippen molar-refractivity contribution >= 4 is 17.6 Å². The van der Waals surface area contributed by atoms with Gasteiger partial charge in [-0.15, -0.1) is 0 Å². The summed E-state index contributed by atoms with van der Waals surface area (Å²) in [5.74, 6) is -0.646. The lowest BCUT2D eigenvalue weighted by atomic mass is 9.76. The standard InChI is InChI=1S/C17H24ClNO2/c1-3-8-17(16(20)21)9-5-10-19(12-17)13(2)14-6-4-7-15(18)11-14/h4,6-7,11,13H,3,5,8-10,12H2,1-2H3,(H,20,21). The van der Waals surface area contributed by atoms with E-state index < -0.39 is 11.4 Å². The summed E-state index contributed by atoms with van der Waals surface area (Å²) >= 11 is 6.07. The highest BCUT2D eigenvalue weighted by molar-refractivity contribution is 6.30. The summed E-state index contributed by atoms with van der Waals surface area (Å²) in [6, 6.07) is 8.05. The predicted octanol–water partition coefficient (Wildman–Crippen LogP) is 4.37. The number of likely N-dealkylation sites (tertiary alicyclic amines) is 1. The van der Waals surface area contributed by atoms with Gasteiger partial charge in [0.25, 0.3) is 0 Å². The number of hydrogen-bond donors (Lipinski definition) is 1. The highest BCUT2D eigenvalue weighted by Crippen LogP contribution is 2.38. The molecule has 1 heterocycles. The molecule has 4 heteroatoms. The molecular formula is C17H24ClNO2. The summed E-state index contributed by atoms with van der Waals surface area (Å²) in [6.45, 7) is 5.77. The SMILES string of the molecule is CCCC1(C(=O)O)CCCN(C(C)c2cccc(Cl)c2)C1. The molecular weight excluding hydrogens is 286 g/mol. The van der Waals surface area contributed by atoms with Crippen LogP contribution < -0.4 is 0 Å². The molecule has 1 aliphatic rings. The van der Waals surface area contributed by atoms with Gasteiger partial charge in [0.15, 0.2) is 0 Å². The average Bonchev–Trinajstić information content (AvgIpc) is 2.47. The summed E-state index contributed by atoms with van der Waals surface area (Å²) in [7, 11) is 0. The maximum atomic E-state index is 11.8. The molecule has 2 atom stereocenters. The quantitative estimate of drug-likeness (QED) is 0.878. The molecule has 2 unspecified atom stereocenters. The molecule has 116 valence electrons. The van der Waals surface area contributed by atoms with Gasteiger partial charge in [-0.2, -0.15) is 0 Å². The van der Waals surface area contributed by atoms with E-state index in [2.05, 4.69) is 24.8 Å². The molecule has 0 spiro atoms. The van der Waals surface area contributed by atoms with Crippen molar-refractivity contribution in [1.82, 2.24) is 4.90 Å². The van der Waals surface area contributed by atoms with Crippen molar-refractivity contribution < 1.29 is 9.90 Å². The Balaban J connectivity index is 2.18. The number of nitrogens with zero attached hydrogens (tertiary/aromatic N) is 1. The highest BCUT2D eigenvalue weighted by atomic mass is 35.5. The molecule has 3 nitrogen and oxygen atoms in total. The smallest absolute Gasteiger partial charge is 0.310 e. The van der Waals surface area contributed by atoms with Crippen molar-refractivity contribution in [2.45, 2.75) is 45.6 Å². The Morgan fingerprint density at radius 2 is 2.29 bits per heavy atom. The lowest BCUT2D eigenvalue weighted by Crippen LogP contribution is -2.48. The number of hydrogen-bond acceptors (Lipinski definition) is 2. The normalized spacial score (nSPS) is 24.7. The van der Waals surface area contributed by atoms with Crippen LogP contribution in [0, 0.1) is 5.41 Å². The third-order valence-corrected chi connectivity index (χ3v) is 4.90. The summed E-state index contributed by atoms with van der Waals surface area (Å²) in [5, 5.41) is 10.4. The molecule has 2 rings (SSSR count). The third-order valence-electron chi connectivity index (χ3n) is 4.67. The Hall–Kier alpha value is -1.06. The molecule has 1 fully saturated rings. The summed E-state index contributed by atoms with van der Waals surface area (Å²) in [6.07, 6.45) is 3.39. The second-order valence-corrected chi connectivity index (χ2v) is 6.58. The summed E-state index contributed by atoms with van der Waals surface area (Å²) < 4.78 is 0. The average molecular weight is 310 g/mol. The molecule has 0 bridgehead atoms. The van der Waals surface area contributed by atoms with Gasteiger partial charge in [0.2, 0.25) is 0 Å². The van der Waals surface area contributed by atoms with Gasteiger partial charge in [0.05, 0.1) is 5.41 Å². The predicted molar refractivity (Wildman–Crippen MR) is 85.7 cm³/mol. The number of halogens is 1. The van der Waals surface area contributed by atoms with Crippen LogP contribution >= 0.6 is 11.6 Å². The van der Waals surface area contributed by atoms with E-state index in [0.717, 1.165) is 42.8 Å². The number of benzene rings is 1. The van der Waals surface area contributed by atoms with E-state index in [1.165, 1.54) is 0 Å². The molecule has 21 heavy (non-hydrogen) atoms. The number of piperidine rings is 1. The van der Waals surface area contributed by atoms with Crippen LogP contribution in [-0.2, 0) is 4.79 Å². The Morgan fingerprint density at radius 1 is 1.52 bits per heavy atom. The van der Waals surface area contributed by atoms with E-state index in [9.17, 15) is 9.90 Å². The highest BCUT2D eigenvalue weighted by Gasteiger charge is 2.42. The maximum Gasteiger partial charge on any atom is 0.310 e. The van der Waals surface area contributed by atoms with Crippen LogP contribution in [0.25, 0.3) is 0 Å². The fourth-order valence-electron chi connectivity index (χ4n) is 3.44. The van der Waals surface area contributed by atoms with Gasteiger partial charge in [-0.1, -0.05) is 37.1 Å². The van der Waals surface area contributed by atoms with Crippen molar-refractivity contribution in [1.29, 1.82) is 0 Å². The first-order valence-electron chi connectivity index (χ1n) is 7.71. The molecule has 1 aromatic rings. The van der Waals surface area contributed by atoms with Crippen LogP contribution in [0.5, 0.6) is 0 Å². The van der Waals surface area contributed by atoms with Crippen molar-refractivity contribution in [2.75, 3.05) is 13.1 Å². The monoisotopic (exact) mass is 309 g/mol. The second-order valence-electron chi connectivity index (χ2n) is 6.14. The van der Waals surface area contributed by atoms with Gasteiger partial charge in [0, 0.05) is 17.6 Å². The van der Waals surface area contributed by atoms with Crippen LogP contribution in [0.15, 0.2) is 24.3 Å². The Labute approximate surface area is 131 Å². The zero-order chi connectivity index (χ0) is 15.5. The van der Waals surface area contributed by atoms with Gasteiger partial charge in [0.1, 0.15) is 0 Å². The number of carboxylic acids is 1. The molecule has 1 aromatic carbocycles. The minimum absolute atomic E-state index is 0.194. The molecule has 0 aliphatic carbocycles. The van der Waals surface area contributed by atoms with E-state index in [-0.39, 0.29) is 6.04 Å². The molecule has 1 saturated heterocycles. The summed E-state index contributed by atoms with van der Waals surface area (Å²) in [4.78, 5) is 14.1. The van der Waals surface area contributed by atoms with Crippen LogP contribution in [0.3, 0.4) is 0 Å². The van der Waals surface area contributed by atoms with Gasteiger partial charge < -0.3 is 5.11 Å². The van der Waals surface area contributed by atoms with Gasteiger partial charge >= 0.3 is 5.97 Å². The first-order valence-corrected chi connectivity index (χ1v) is 8.09. The number of carbonyl (C=O) groups is 1. The fourth-order valence-corrected chi connectivity index (χ4v) is 3.64. The largest absolute Gasteiger partial charge is 0.481 e. The number of rotatable bonds is 5. The zero-order valence-corrected chi connectivity index (χ0v) is 13.6. The lowest BCUT2D eigenvalue weighted by molar-refractivity contribution is -0.154. The minimum Gasteiger partial charge on any atom is -0.481 e. The second kappa shape index (κ2) is 6.80. The Bertz CT molecular complexity index is 501. The molecule has 0 amide bonds. The molecule has 0 radical (unpaired) electrons. The van der Waals surface area contributed by atoms with Gasteiger partial charge in [-0.3, -0.25) is 9.69 Å². The van der Waals surface area contributed by atoms with Crippen molar-refractivity contribution in [3.63, 3.8) is 0 Å². The van der Waals surface area contributed by atoms with Gasteiger partial charge in [-0.25, -0.2) is 0 Å². The third kappa shape index (κ3) is 3.58. The van der Waals surface area contributed by atoms with Crippen molar-refractivity contribution in [3.05, 3.63) is 34.9 Å². The molecule has 1 aliphatic heterocycles. The first-order chi connectivity index (χ1) is 9.98. The minimum atomic E-state index is -0.646. The topological polar surface area (TPSA) is 40.5 Å². The fraction of sp³-hybridized carbons (Fsp3) is 0.588. The van der Waals surface area contributed by atoms with E-state index in [0.29, 0.717) is 6.54 Å². The molecule has 0 aromatic heterocycles. The van der Waals surface area contributed by atoms with Crippen LogP contribution in [0.4, 0.5) is 0 Å². The first kappa shape index (κ1) is 16.3. The maximum absolute atomic E-state index is 11.8. The Morgan fingerprint density at radius 3 is 2.90 bits per heavy atom. The molecule has 1 N–H and O–H groups in total. The van der Waals surface area contributed by atoms with Crippen LogP contribution in [0.1, 0.15) is 51.1 Å². The Kier molecular flexibility index (Phi) is 5.28. The molecule has 0 saturated carbocycles. The zero-order valence-electron chi connectivity index (χ0n) is 12.8. The lowest BCUT2D eigenvalue weighted by Gasteiger charge is -2.42. The summed E-state index contributed by atoms with van der Waals surface area (Å²) in [5.41, 5.74) is 0.569. The van der Waals surface area contributed by atoms with Crippen molar-refractivity contribution in [2.24, 2.45) is 5.41 Å². The van der Waals surface area contributed by atoms with E-state index >= 15 is 0 Å². The number of aliphatic carboxylic acids is 1. The van der Waals surface area contributed by atoms with Gasteiger partial charge in [-0.05, 0) is 50.4 Å². The van der Waals surface area contributed by atoms with Crippen molar-refractivity contribution in [3.8, 4) is 0 Å². The number of carboxylic acid groups (broad SMARTS) is 1. The van der Waals surface area contributed by atoms with Crippen LogP contribution in [-0.4, -0.2) is 29.1 Å². The van der Waals surface area contributed by atoms with E-state index in [4.69, 9.17) is 11.6 Å². The van der Waals surface area contributed by atoms with E-state index in [1.54, 1.807) is 0 Å². The van der Waals surface area contributed by atoms with Crippen LogP contribution in [0.2, 0.25) is 5.02 Å².